The summed E-state index contributed by atoms with van der Waals surface area (Å²) in [6.07, 6.45) is 5.21. The summed E-state index contributed by atoms with van der Waals surface area (Å²) >= 11 is 7.66. The second-order valence-corrected chi connectivity index (χ2v) is 10.1. The Bertz CT molecular complexity index is 1710. The number of fused-ring (bicyclic) bond motifs is 2. The van der Waals surface area contributed by atoms with Gasteiger partial charge < -0.3 is 15.6 Å². The Hall–Kier alpha value is -3.93. The molecule has 0 spiro atoms. The summed E-state index contributed by atoms with van der Waals surface area (Å²) in [6.45, 7) is 1.55. The summed E-state index contributed by atoms with van der Waals surface area (Å²) in [5, 5.41) is 7.54. The molecule has 0 amide bonds. The second-order valence-electron chi connectivity index (χ2n) is 8.34. The molecule has 0 unspecified atom stereocenters. The first-order chi connectivity index (χ1) is 17.1. The number of pyridine rings is 2. The quantitative estimate of drug-likeness (QED) is 0.331. The van der Waals surface area contributed by atoms with E-state index in [9.17, 15) is 0 Å². The van der Waals surface area contributed by atoms with Crippen molar-refractivity contribution >= 4 is 51.0 Å². The average Bonchev–Trinajstić information content (AvgIpc) is 3.59. The summed E-state index contributed by atoms with van der Waals surface area (Å²) < 4.78 is 0.722. The molecule has 1 aliphatic rings. The van der Waals surface area contributed by atoms with Crippen molar-refractivity contribution in [3.05, 3.63) is 53.3 Å². The number of H-pyrrole nitrogens is 2. The minimum Gasteiger partial charge on any atom is -0.352 e. The number of imidazole rings is 1. The summed E-state index contributed by atoms with van der Waals surface area (Å²) in [5.41, 5.74) is 11.7. The molecule has 6 aromatic rings. The van der Waals surface area contributed by atoms with E-state index >= 15 is 0 Å². The number of hydrogen-bond donors (Lipinski definition) is 3. The number of nitrogens with one attached hydrogen (secondary N) is 2. The topological polar surface area (TPSA) is 138 Å². The largest absolute Gasteiger partial charge is 0.352 e. The molecule has 1 aliphatic heterocycles. The van der Waals surface area contributed by atoms with E-state index in [-0.39, 0.29) is 6.04 Å². The van der Waals surface area contributed by atoms with Crippen LogP contribution in [-0.2, 0) is 0 Å². The van der Waals surface area contributed by atoms with Crippen LogP contribution in [0, 0.1) is 0 Å². The number of rotatable bonds is 4. The van der Waals surface area contributed by atoms with Gasteiger partial charge in [0.1, 0.15) is 22.5 Å². The Morgan fingerprint density at radius 3 is 2.74 bits per heavy atom. The number of nitrogens with zero attached hydrogens (tertiary/aromatic N) is 7. The van der Waals surface area contributed by atoms with Gasteiger partial charge in [-0.1, -0.05) is 11.6 Å². The van der Waals surface area contributed by atoms with Gasteiger partial charge in [0.05, 0.1) is 27.9 Å². The molecule has 0 radical (unpaired) electrons. The second kappa shape index (κ2) is 7.80. The molecule has 0 saturated carbocycles. The molecular formula is C23H17ClN10S. The standard InChI is InChI=1S/C23H17ClN10S/c24-17-4-3-16(35-17)12-5-6-27-22-19(12)30-23(31-22)21-20-14(32-33-21)2-1-13(29-20)15-7-26-8-18(28-15)34-9-11(25)10-34/h1-8,11H,9-10,25H2,(H,32,33)(H,27,30,31). The fourth-order valence-corrected chi connectivity index (χ4v) is 5.29. The molecule has 4 N–H and O–H groups in total. The zero-order chi connectivity index (χ0) is 23.5. The Morgan fingerprint density at radius 1 is 1.00 bits per heavy atom. The Labute approximate surface area is 207 Å². The van der Waals surface area contributed by atoms with Crippen molar-refractivity contribution in [1.29, 1.82) is 0 Å². The lowest BCUT2D eigenvalue weighted by Gasteiger charge is -2.37. The molecule has 0 bridgehead atoms. The van der Waals surface area contributed by atoms with Crippen molar-refractivity contribution < 1.29 is 0 Å². The van der Waals surface area contributed by atoms with Crippen LogP contribution in [-0.4, -0.2) is 59.2 Å². The van der Waals surface area contributed by atoms with E-state index in [4.69, 9.17) is 32.3 Å². The van der Waals surface area contributed by atoms with Gasteiger partial charge in [-0.3, -0.25) is 10.1 Å². The third-order valence-corrected chi connectivity index (χ3v) is 7.24. The maximum atomic E-state index is 6.16. The van der Waals surface area contributed by atoms with E-state index in [2.05, 4.69) is 30.0 Å². The van der Waals surface area contributed by atoms with Gasteiger partial charge >= 0.3 is 0 Å². The van der Waals surface area contributed by atoms with Crippen molar-refractivity contribution in [2.24, 2.45) is 5.73 Å². The highest BCUT2D eigenvalue weighted by Gasteiger charge is 2.25. The van der Waals surface area contributed by atoms with Crippen LogP contribution in [0.15, 0.2) is 48.9 Å². The van der Waals surface area contributed by atoms with Crippen molar-refractivity contribution in [3.8, 4) is 33.3 Å². The van der Waals surface area contributed by atoms with Gasteiger partial charge in [-0.05, 0) is 30.3 Å². The number of thiophene rings is 1. The van der Waals surface area contributed by atoms with Gasteiger partial charge in [-0.15, -0.1) is 11.3 Å². The van der Waals surface area contributed by atoms with Crippen molar-refractivity contribution in [1.82, 2.24) is 40.1 Å². The molecule has 7 rings (SSSR count). The first-order valence-corrected chi connectivity index (χ1v) is 12.1. The van der Waals surface area contributed by atoms with Crippen LogP contribution in [0.4, 0.5) is 5.82 Å². The monoisotopic (exact) mass is 500 g/mol. The van der Waals surface area contributed by atoms with E-state index in [1.54, 1.807) is 18.6 Å². The fraction of sp³-hybridized carbons (Fsp3) is 0.130. The summed E-state index contributed by atoms with van der Waals surface area (Å²) in [7, 11) is 0. The molecule has 0 atom stereocenters. The van der Waals surface area contributed by atoms with Crippen LogP contribution >= 0.6 is 22.9 Å². The Kier molecular flexibility index (Phi) is 4.56. The Morgan fingerprint density at radius 2 is 1.91 bits per heavy atom. The van der Waals surface area contributed by atoms with E-state index in [0.29, 0.717) is 34.1 Å². The van der Waals surface area contributed by atoms with Crippen LogP contribution in [0.25, 0.3) is 55.5 Å². The van der Waals surface area contributed by atoms with Gasteiger partial charge in [-0.2, -0.15) is 5.10 Å². The minimum atomic E-state index is 0.180. The zero-order valence-electron chi connectivity index (χ0n) is 18.1. The number of hydrogen-bond acceptors (Lipinski definition) is 9. The van der Waals surface area contributed by atoms with Crippen LogP contribution in [0.2, 0.25) is 4.34 Å². The number of anilines is 1. The van der Waals surface area contributed by atoms with Crippen LogP contribution in [0.3, 0.4) is 0 Å². The maximum absolute atomic E-state index is 6.16. The van der Waals surface area contributed by atoms with E-state index in [1.165, 1.54) is 11.3 Å². The normalized spacial score (nSPS) is 14.2. The highest BCUT2D eigenvalue weighted by Crippen LogP contribution is 2.35. The van der Waals surface area contributed by atoms with Crippen molar-refractivity contribution in [2.45, 2.75) is 6.04 Å². The average molecular weight is 501 g/mol. The van der Waals surface area contributed by atoms with Gasteiger partial charge in [0.25, 0.3) is 0 Å². The lowest BCUT2D eigenvalue weighted by Crippen LogP contribution is -2.56. The predicted octanol–water partition coefficient (Wildman–Crippen LogP) is 3.88. The van der Waals surface area contributed by atoms with Gasteiger partial charge in [-0.25, -0.2) is 19.9 Å². The Balaban J connectivity index is 1.31. The van der Waals surface area contributed by atoms with Gasteiger partial charge in [0, 0.05) is 35.8 Å². The molecule has 6 aromatic heterocycles. The third-order valence-electron chi connectivity index (χ3n) is 5.97. The molecule has 172 valence electrons. The molecule has 0 aliphatic carbocycles. The molecule has 7 heterocycles. The predicted molar refractivity (Wildman–Crippen MR) is 136 cm³/mol. The molecule has 12 heteroatoms. The molecular weight excluding hydrogens is 484 g/mol. The smallest absolute Gasteiger partial charge is 0.162 e. The number of nitrogens with two attached hydrogens (primary N) is 1. The first kappa shape index (κ1) is 20.4. The molecule has 35 heavy (non-hydrogen) atoms. The summed E-state index contributed by atoms with van der Waals surface area (Å²) in [6, 6.07) is 9.81. The van der Waals surface area contributed by atoms with Crippen LogP contribution in [0.5, 0.6) is 0 Å². The molecule has 1 fully saturated rings. The summed E-state index contributed by atoms with van der Waals surface area (Å²) in [4.78, 5) is 29.7. The highest BCUT2D eigenvalue weighted by molar-refractivity contribution is 7.19. The van der Waals surface area contributed by atoms with E-state index in [0.717, 1.165) is 44.7 Å². The SMILES string of the molecule is NC1CN(c2cncc(-c3ccc4[nH]nc(-c5nc6c(-c7ccc(Cl)s7)ccnc6[nH]5)c4n3)n2)C1. The van der Waals surface area contributed by atoms with E-state index < -0.39 is 0 Å². The number of halogens is 1. The highest BCUT2D eigenvalue weighted by atomic mass is 35.5. The lowest BCUT2D eigenvalue weighted by atomic mass is 10.1. The zero-order valence-corrected chi connectivity index (χ0v) is 19.7. The van der Waals surface area contributed by atoms with Gasteiger partial charge in [0.2, 0.25) is 0 Å². The third kappa shape index (κ3) is 3.43. The van der Waals surface area contributed by atoms with Crippen molar-refractivity contribution in [3.63, 3.8) is 0 Å². The van der Waals surface area contributed by atoms with Gasteiger partial charge in [0.15, 0.2) is 17.2 Å². The first-order valence-electron chi connectivity index (χ1n) is 10.9. The number of aromatic amines is 2. The van der Waals surface area contributed by atoms with Crippen molar-refractivity contribution in [2.75, 3.05) is 18.0 Å². The molecule has 1 saturated heterocycles. The fourth-order valence-electron chi connectivity index (χ4n) is 4.22. The van der Waals surface area contributed by atoms with Crippen LogP contribution in [0.1, 0.15) is 0 Å². The lowest BCUT2D eigenvalue weighted by molar-refractivity contribution is 0.514. The minimum absolute atomic E-state index is 0.180. The number of aromatic nitrogens is 8. The van der Waals surface area contributed by atoms with Crippen LogP contribution < -0.4 is 10.6 Å². The molecule has 0 aromatic carbocycles. The summed E-state index contributed by atoms with van der Waals surface area (Å²) in [5.74, 6) is 1.37. The van der Waals surface area contributed by atoms with E-state index in [1.807, 2.05) is 30.3 Å². The maximum Gasteiger partial charge on any atom is 0.162 e. The molecule has 10 nitrogen and oxygen atoms in total.